The minimum Gasteiger partial charge on any atom is -0.394 e. The first-order valence-corrected chi connectivity index (χ1v) is 6.74. The van der Waals surface area contributed by atoms with Gasteiger partial charge in [-0.3, -0.25) is 4.79 Å². The lowest BCUT2D eigenvalue weighted by Gasteiger charge is -2.27. The number of benzene rings is 1. The lowest BCUT2D eigenvalue weighted by molar-refractivity contribution is -0.123. The summed E-state index contributed by atoms with van der Waals surface area (Å²) in [6.07, 6.45) is 1.25. The van der Waals surface area contributed by atoms with E-state index >= 15 is 0 Å². The maximum atomic E-state index is 11.9. The van der Waals surface area contributed by atoms with Crippen LogP contribution in [0.25, 0.3) is 0 Å². The molecule has 0 aliphatic carbocycles. The molecule has 0 aliphatic heterocycles. The predicted octanol–water partition coefficient (Wildman–Crippen LogP) is 2.63. The summed E-state index contributed by atoms with van der Waals surface area (Å²) in [5.74, 6) is -0.0111. The van der Waals surface area contributed by atoms with E-state index in [1.54, 1.807) is 0 Å². The molecular formula is C16H25NO2. The van der Waals surface area contributed by atoms with Gasteiger partial charge >= 0.3 is 0 Å². The van der Waals surface area contributed by atoms with Gasteiger partial charge < -0.3 is 10.4 Å². The van der Waals surface area contributed by atoms with Crippen LogP contribution in [0.1, 0.15) is 46.1 Å². The Kier molecular flexibility index (Phi) is 5.12. The number of nitrogens with one attached hydrogen (secondary N) is 1. The molecule has 0 aliphatic rings. The Morgan fingerprint density at radius 2 is 1.74 bits per heavy atom. The van der Waals surface area contributed by atoms with Crippen molar-refractivity contribution in [2.75, 3.05) is 6.61 Å². The summed E-state index contributed by atoms with van der Waals surface area (Å²) >= 11 is 0. The van der Waals surface area contributed by atoms with E-state index in [4.69, 9.17) is 5.11 Å². The highest BCUT2D eigenvalue weighted by atomic mass is 16.3. The van der Waals surface area contributed by atoms with E-state index in [1.807, 2.05) is 32.0 Å². The molecule has 2 N–H and O–H groups in total. The first kappa shape index (κ1) is 15.7. The number of aliphatic hydroxyl groups is 1. The van der Waals surface area contributed by atoms with Gasteiger partial charge in [-0.1, -0.05) is 44.2 Å². The summed E-state index contributed by atoms with van der Waals surface area (Å²) in [7, 11) is 0. The Labute approximate surface area is 116 Å². The minimum absolute atomic E-state index is 0.0111. The quantitative estimate of drug-likeness (QED) is 0.829. The van der Waals surface area contributed by atoms with E-state index in [1.165, 1.54) is 5.56 Å². The van der Waals surface area contributed by atoms with Gasteiger partial charge in [0.15, 0.2) is 0 Å². The Balaban J connectivity index is 2.55. The Morgan fingerprint density at radius 1 is 1.16 bits per heavy atom. The van der Waals surface area contributed by atoms with Crippen molar-refractivity contribution in [3.63, 3.8) is 0 Å². The third-order valence-corrected chi connectivity index (χ3v) is 3.41. The van der Waals surface area contributed by atoms with E-state index in [9.17, 15) is 4.79 Å². The highest BCUT2D eigenvalue weighted by molar-refractivity contribution is 5.76. The number of carbonyl (C=O) groups is 1. The van der Waals surface area contributed by atoms with Crippen LogP contribution in [-0.2, 0) is 10.2 Å². The Hall–Kier alpha value is -1.35. The number of rotatable bonds is 6. The molecule has 3 heteroatoms. The predicted molar refractivity (Wildman–Crippen MR) is 78.0 cm³/mol. The third kappa shape index (κ3) is 5.03. The van der Waals surface area contributed by atoms with E-state index in [0.717, 1.165) is 6.42 Å². The van der Waals surface area contributed by atoms with Crippen molar-refractivity contribution in [2.24, 2.45) is 0 Å². The van der Waals surface area contributed by atoms with Gasteiger partial charge in [0, 0.05) is 6.42 Å². The van der Waals surface area contributed by atoms with Crippen LogP contribution in [0.4, 0.5) is 0 Å². The van der Waals surface area contributed by atoms with Crippen LogP contribution in [0, 0.1) is 0 Å². The van der Waals surface area contributed by atoms with Crippen LogP contribution in [0.15, 0.2) is 30.3 Å². The minimum atomic E-state index is -0.548. The van der Waals surface area contributed by atoms with Gasteiger partial charge in [-0.25, -0.2) is 0 Å². The van der Waals surface area contributed by atoms with Gasteiger partial charge in [-0.2, -0.15) is 0 Å². The van der Waals surface area contributed by atoms with E-state index in [0.29, 0.717) is 6.42 Å². The van der Waals surface area contributed by atoms with Crippen LogP contribution >= 0.6 is 0 Å². The van der Waals surface area contributed by atoms with Crippen molar-refractivity contribution in [3.05, 3.63) is 35.9 Å². The largest absolute Gasteiger partial charge is 0.394 e. The summed E-state index contributed by atoms with van der Waals surface area (Å²) in [5, 5.41) is 12.0. The molecule has 106 valence electrons. The van der Waals surface area contributed by atoms with Gasteiger partial charge in [0.05, 0.1) is 12.1 Å². The number of aliphatic hydroxyl groups excluding tert-OH is 1. The molecule has 0 atom stereocenters. The molecule has 0 saturated carbocycles. The van der Waals surface area contributed by atoms with Crippen molar-refractivity contribution >= 4 is 5.91 Å². The molecule has 3 nitrogen and oxygen atoms in total. The maximum absolute atomic E-state index is 11.9. The number of carbonyl (C=O) groups excluding carboxylic acids is 1. The lowest BCUT2D eigenvalue weighted by Crippen LogP contribution is -2.46. The molecule has 0 aromatic heterocycles. The molecule has 1 aromatic carbocycles. The van der Waals surface area contributed by atoms with Crippen LogP contribution in [0.3, 0.4) is 0 Å². The summed E-state index contributed by atoms with van der Waals surface area (Å²) in [4.78, 5) is 11.9. The van der Waals surface area contributed by atoms with Crippen molar-refractivity contribution in [1.82, 2.24) is 5.32 Å². The topological polar surface area (TPSA) is 49.3 Å². The normalized spacial score (nSPS) is 12.3. The van der Waals surface area contributed by atoms with E-state index in [-0.39, 0.29) is 17.9 Å². The maximum Gasteiger partial charge on any atom is 0.220 e. The Morgan fingerprint density at radius 3 is 2.26 bits per heavy atom. The Bertz CT molecular complexity index is 410. The van der Waals surface area contributed by atoms with Gasteiger partial charge in [0.1, 0.15) is 0 Å². The second-order valence-corrected chi connectivity index (χ2v) is 6.34. The molecule has 1 rings (SSSR count). The average molecular weight is 263 g/mol. The van der Waals surface area contributed by atoms with Gasteiger partial charge in [-0.15, -0.1) is 0 Å². The molecule has 0 heterocycles. The molecule has 0 saturated heterocycles. The second kappa shape index (κ2) is 6.20. The first-order chi connectivity index (χ1) is 8.77. The fraction of sp³-hybridized carbons (Fsp3) is 0.562. The first-order valence-electron chi connectivity index (χ1n) is 6.74. The summed E-state index contributed by atoms with van der Waals surface area (Å²) in [6.45, 7) is 7.86. The summed E-state index contributed by atoms with van der Waals surface area (Å²) in [5.41, 5.74) is 0.667. The second-order valence-electron chi connectivity index (χ2n) is 6.34. The number of hydrogen-bond acceptors (Lipinski definition) is 2. The highest BCUT2D eigenvalue weighted by Gasteiger charge is 2.24. The standard InChI is InChI=1S/C16H25NO2/c1-15(2,13-8-6-5-7-9-13)11-10-14(19)17-16(3,4)12-18/h5-9,18H,10-12H2,1-4H3,(H,17,19). The van der Waals surface area contributed by atoms with Crippen molar-refractivity contribution < 1.29 is 9.90 Å². The van der Waals surface area contributed by atoms with Gasteiger partial charge in [-0.05, 0) is 31.2 Å². The molecular weight excluding hydrogens is 238 g/mol. The van der Waals surface area contributed by atoms with Crippen LogP contribution in [-0.4, -0.2) is 23.2 Å². The number of hydrogen-bond donors (Lipinski definition) is 2. The molecule has 0 unspecified atom stereocenters. The fourth-order valence-electron chi connectivity index (χ4n) is 1.94. The zero-order valence-electron chi connectivity index (χ0n) is 12.4. The number of amides is 1. The van der Waals surface area contributed by atoms with E-state index < -0.39 is 5.54 Å². The van der Waals surface area contributed by atoms with Crippen molar-refractivity contribution in [1.29, 1.82) is 0 Å². The average Bonchev–Trinajstić information content (AvgIpc) is 2.37. The van der Waals surface area contributed by atoms with Crippen LogP contribution in [0.2, 0.25) is 0 Å². The zero-order valence-corrected chi connectivity index (χ0v) is 12.4. The van der Waals surface area contributed by atoms with Crippen LogP contribution in [0.5, 0.6) is 0 Å². The van der Waals surface area contributed by atoms with Gasteiger partial charge in [0.25, 0.3) is 0 Å². The molecule has 0 bridgehead atoms. The molecule has 1 amide bonds. The highest BCUT2D eigenvalue weighted by Crippen LogP contribution is 2.28. The monoisotopic (exact) mass is 263 g/mol. The molecule has 0 fully saturated rings. The zero-order chi connectivity index (χ0) is 14.5. The molecule has 19 heavy (non-hydrogen) atoms. The summed E-state index contributed by atoms with van der Waals surface area (Å²) in [6, 6.07) is 10.2. The van der Waals surface area contributed by atoms with Crippen LogP contribution < -0.4 is 5.32 Å². The SMILES string of the molecule is CC(C)(CO)NC(=O)CCC(C)(C)c1ccccc1. The van der Waals surface area contributed by atoms with Crippen molar-refractivity contribution in [2.45, 2.75) is 51.5 Å². The summed E-state index contributed by atoms with van der Waals surface area (Å²) < 4.78 is 0. The van der Waals surface area contributed by atoms with Gasteiger partial charge in [0.2, 0.25) is 5.91 Å². The third-order valence-electron chi connectivity index (χ3n) is 3.41. The lowest BCUT2D eigenvalue weighted by atomic mass is 9.80. The fourth-order valence-corrected chi connectivity index (χ4v) is 1.94. The molecule has 0 radical (unpaired) electrons. The molecule has 0 spiro atoms. The smallest absolute Gasteiger partial charge is 0.220 e. The van der Waals surface area contributed by atoms with Crippen molar-refractivity contribution in [3.8, 4) is 0 Å². The molecule has 1 aromatic rings. The van der Waals surface area contributed by atoms with E-state index in [2.05, 4.69) is 31.3 Å².